The summed E-state index contributed by atoms with van der Waals surface area (Å²) in [6.07, 6.45) is 5.67. The van der Waals surface area contributed by atoms with E-state index in [0.717, 1.165) is 67.3 Å². The molecule has 1 saturated heterocycles. The van der Waals surface area contributed by atoms with E-state index < -0.39 is 5.66 Å². The standard InChI is InChI=1S/C24H29N7S/c25-24(9-4-14-31-15-12-26-13-16-31)10-11-27-23(30-24)28-19-6-3-5-18(17-19)22-29-20-7-1-2-8-21(20)32-22/h1-3,5-8,10-11,17,26H,4,9,12-16,25H2,(H2,27,28,30). The molecule has 1 unspecified atom stereocenters. The van der Waals surface area contributed by atoms with E-state index in [-0.39, 0.29) is 0 Å². The highest BCUT2D eigenvalue weighted by molar-refractivity contribution is 7.21. The van der Waals surface area contributed by atoms with Gasteiger partial charge in [-0.15, -0.1) is 11.3 Å². The van der Waals surface area contributed by atoms with E-state index in [9.17, 15) is 0 Å². The van der Waals surface area contributed by atoms with Crippen molar-refractivity contribution in [2.24, 2.45) is 10.7 Å². The molecule has 3 heterocycles. The van der Waals surface area contributed by atoms with Crippen LogP contribution in [-0.4, -0.2) is 54.2 Å². The first-order chi connectivity index (χ1) is 15.7. The first-order valence-corrected chi connectivity index (χ1v) is 12.0. The lowest BCUT2D eigenvalue weighted by molar-refractivity contribution is 0.231. The van der Waals surface area contributed by atoms with E-state index in [0.29, 0.717) is 5.96 Å². The second-order valence-electron chi connectivity index (χ2n) is 8.32. The van der Waals surface area contributed by atoms with Crippen LogP contribution >= 0.6 is 11.3 Å². The molecule has 0 radical (unpaired) electrons. The molecular weight excluding hydrogens is 418 g/mol. The van der Waals surface area contributed by atoms with E-state index in [1.165, 1.54) is 4.70 Å². The molecule has 5 N–H and O–H groups in total. The van der Waals surface area contributed by atoms with Gasteiger partial charge >= 0.3 is 0 Å². The predicted molar refractivity (Wildman–Crippen MR) is 134 cm³/mol. The third-order valence-electron chi connectivity index (χ3n) is 5.84. The van der Waals surface area contributed by atoms with Crippen molar-refractivity contribution in [1.82, 2.24) is 20.5 Å². The fourth-order valence-electron chi connectivity index (χ4n) is 4.13. The normalized spacial score (nSPS) is 21.3. The van der Waals surface area contributed by atoms with E-state index >= 15 is 0 Å². The largest absolute Gasteiger partial charge is 0.333 e. The molecule has 0 spiro atoms. The Hall–Kier alpha value is -2.78. The predicted octanol–water partition coefficient (Wildman–Crippen LogP) is 3.19. The zero-order valence-electron chi connectivity index (χ0n) is 18.1. The van der Waals surface area contributed by atoms with Gasteiger partial charge in [-0.1, -0.05) is 24.3 Å². The molecule has 2 aliphatic rings. The molecule has 1 atom stereocenters. The van der Waals surface area contributed by atoms with Crippen molar-refractivity contribution in [3.63, 3.8) is 0 Å². The van der Waals surface area contributed by atoms with Crippen molar-refractivity contribution >= 4 is 33.2 Å². The van der Waals surface area contributed by atoms with Gasteiger partial charge in [-0.05, 0) is 49.7 Å². The summed E-state index contributed by atoms with van der Waals surface area (Å²) in [5.41, 5.74) is 8.96. The van der Waals surface area contributed by atoms with Crippen molar-refractivity contribution in [1.29, 1.82) is 0 Å². The summed E-state index contributed by atoms with van der Waals surface area (Å²) in [6, 6.07) is 16.5. The summed E-state index contributed by atoms with van der Waals surface area (Å²) in [5.74, 6) is 0.665. The number of hydrogen-bond donors (Lipinski definition) is 4. The number of nitrogens with two attached hydrogens (primary N) is 1. The van der Waals surface area contributed by atoms with Crippen molar-refractivity contribution < 1.29 is 0 Å². The number of para-hydroxylation sites is 1. The maximum absolute atomic E-state index is 6.59. The van der Waals surface area contributed by atoms with Crippen LogP contribution in [0.5, 0.6) is 0 Å². The molecule has 3 aromatic rings. The average molecular weight is 448 g/mol. The van der Waals surface area contributed by atoms with Crippen LogP contribution in [0.1, 0.15) is 12.8 Å². The minimum atomic E-state index is -0.688. The molecule has 2 aliphatic heterocycles. The molecule has 1 aromatic heterocycles. The summed E-state index contributed by atoms with van der Waals surface area (Å²) < 4.78 is 1.19. The van der Waals surface area contributed by atoms with Gasteiger partial charge in [-0.2, -0.15) is 0 Å². The van der Waals surface area contributed by atoms with Crippen molar-refractivity contribution in [2.75, 3.05) is 38.0 Å². The van der Waals surface area contributed by atoms with Gasteiger partial charge in [0.05, 0.1) is 10.2 Å². The second-order valence-corrected chi connectivity index (χ2v) is 9.35. The minimum absolute atomic E-state index is 0.665. The van der Waals surface area contributed by atoms with Crippen LogP contribution < -0.4 is 21.7 Å². The maximum Gasteiger partial charge on any atom is 0.202 e. The minimum Gasteiger partial charge on any atom is -0.333 e. The molecule has 2 aromatic carbocycles. The van der Waals surface area contributed by atoms with Gasteiger partial charge in [0.2, 0.25) is 5.96 Å². The summed E-state index contributed by atoms with van der Waals surface area (Å²) in [6.45, 7) is 5.41. The number of nitrogens with one attached hydrogen (secondary N) is 3. The van der Waals surface area contributed by atoms with E-state index in [2.05, 4.69) is 39.0 Å². The Kier molecular flexibility index (Phi) is 6.18. The lowest BCUT2D eigenvalue weighted by atomic mass is 10.0. The number of thiazole rings is 1. The number of benzene rings is 2. The average Bonchev–Trinajstić information content (AvgIpc) is 3.24. The lowest BCUT2D eigenvalue weighted by Crippen LogP contribution is -2.46. The number of hydrogen-bond acceptors (Lipinski definition) is 8. The van der Waals surface area contributed by atoms with Crippen LogP contribution in [0.25, 0.3) is 20.8 Å². The molecular formula is C24H29N7S. The van der Waals surface area contributed by atoms with Gasteiger partial charge in [0.25, 0.3) is 0 Å². The van der Waals surface area contributed by atoms with E-state index in [1.54, 1.807) is 11.3 Å². The lowest BCUT2D eigenvalue weighted by Gasteiger charge is -2.30. The summed E-state index contributed by atoms with van der Waals surface area (Å²) in [5, 5.41) is 11.0. The highest BCUT2D eigenvalue weighted by Crippen LogP contribution is 2.31. The molecule has 166 valence electrons. The van der Waals surface area contributed by atoms with Gasteiger partial charge in [-0.25, -0.2) is 9.98 Å². The molecule has 0 bridgehead atoms. The second kappa shape index (κ2) is 9.38. The van der Waals surface area contributed by atoms with Gasteiger partial charge in [0.1, 0.15) is 10.7 Å². The van der Waals surface area contributed by atoms with Crippen molar-refractivity contribution in [2.45, 2.75) is 18.5 Å². The van der Waals surface area contributed by atoms with Crippen LogP contribution in [0.4, 0.5) is 5.69 Å². The van der Waals surface area contributed by atoms with Crippen LogP contribution in [0.3, 0.4) is 0 Å². The Morgan fingerprint density at radius 2 is 2.00 bits per heavy atom. The van der Waals surface area contributed by atoms with Gasteiger partial charge in [0.15, 0.2) is 0 Å². The van der Waals surface area contributed by atoms with Crippen LogP contribution in [0, 0.1) is 0 Å². The molecule has 0 amide bonds. The Bertz CT molecular complexity index is 1100. The smallest absolute Gasteiger partial charge is 0.202 e. The Balaban J connectivity index is 1.25. The number of nitrogens with zero attached hydrogens (tertiary/aromatic N) is 3. The number of fused-ring (bicyclic) bond motifs is 1. The Labute approximate surface area is 192 Å². The number of aliphatic imine (C=N–C) groups is 1. The topological polar surface area (TPSA) is 90.6 Å². The van der Waals surface area contributed by atoms with Gasteiger partial charge < -0.3 is 26.6 Å². The number of piperazine rings is 1. The first kappa shape index (κ1) is 21.1. The molecule has 5 rings (SSSR count). The van der Waals surface area contributed by atoms with Gasteiger partial charge in [-0.3, -0.25) is 0 Å². The van der Waals surface area contributed by atoms with Gasteiger partial charge in [0, 0.05) is 43.6 Å². The highest BCUT2D eigenvalue weighted by Gasteiger charge is 2.24. The quantitative estimate of drug-likeness (QED) is 0.464. The third-order valence-corrected chi connectivity index (χ3v) is 6.92. The zero-order valence-corrected chi connectivity index (χ0v) is 18.9. The molecule has 32 heavy (non-hydrogen) atoms. The molecule has 0 saturated carbocycles. The monoisotopic (exact) mass is 447 g/mol. The van der Waals surface area contributed by atoms with E-state index in [1.807, 2.05) is 42.6 Å². The van der Waals surface area contributed by atoms with E-state index in [4.69, 9.17) is 15.7 Å². The number of aromatic nitrogens is 1. The SMILES string of the molecule is NC1(CCCN2CCNCC2)C=CNC(Nc2cccc(-c3nc4ccccc4s3)c2)=N1. The Morgan fingerprint density at radius 3 is 2.88 bits per heavy atom. The van der Waals surface area contributed by atoms with Crippen LogP contribution in [0.2, 0.25) is 0 Å². The third kappa shape index (κ3) is 4.99. The summed E-state index contributed by atoms with van der Waals surface area (Å²) in [4.78, 5) is 12.0. The molecule has 0 aliphatic carbocycles. The van der Waals surface area contributed by atoms with Crippen LogP contribution in [-0.2, 0) is 0 Å². The summed E-state index contributed by atoms with van der Waals surface area (Å²) in [7, 11) is 0. The zero-order chi connectivity index (χ0) is 21.8. The molecule has 8 heteroatoms. The fourth-order valence-corrected chi connectivity index (χ4v) is 5.09. The van der Waals surface area contributed by atoms with Crippen molar-refractivity contribution in [3.8, 4) is 10.6 Å². The number of guanidine groups is 1. The first-order valence-electron chi connectivity index (χ1n) is 11.2. The van der Waals surface area contributed by atoms with Crippen molar-refractivity contribution in [3.05, 3.63) is 60.8 Å². The van der Waals surface area contributed by atoms with Crippen LogP contribution in [0.15, 0.2) is 65.8 Å². The fraction of sp³-hybridized carbons (Fsp3) is 0.333. The number of rotatable bonds is 6. The molecule has 1 fully saturated rings. The summed E-state index contributed by atoms with van der Waals surface area (Å²) >= 11 is 1.70. The Morgan fingerprint density at radius 1 is 1.12 bits per heavy atom. The maximum atomic E-state index is 6.59. The highest BCUT2D eigenvalue weighted by atomic mass is 32.1. The number of anilines is 1. The molecule has 7 nitrogen and oxygen atoms in total.